The zero-order valence-electron chi connectivity index (χ0n) is 34.9. The quantitative estimate of drug-likeness (QED) is 0.207. The molecule has 0 radical (unpaired) electrons. The van der Waals surface area contributed by atoms with Crippen LogP contribution in [0.1, 0.15) is 92.4 Å². The SMILES string of the molecule is CC[C@@H]1O[C@H](C)CC/C=C\[C@@H]2C[C@@]2(C(=O)NS(=O)(=O)C2(C)CC2)CC(=O)[C@@H]2C[C@@H](Oc3nc(OC)cc4cc(OC)ccc34)CN2C(=O)[C@H]1CC(=O)OC(C)(C)C(F)(F)F. The molecule has 14 nitrogen and oxygen atoms in total. The number of benzene rings is 1. The van der Waals surface area contributed by atoms with E-state index in [0.29, 0.717) is 56.1 Å². The molecule has 2 aliphatic heterocycles. The van der Waals surface area contributed by atoms with Gasteiger partial charge in [-0.25, -0.2) is 8.42 Å². The molecule has 0 spiro atoms. The van der Waals surface area contributed by atoms with Crippen molar-refractivity contribution >= 4 is 44.4 Å². The largest absolute Gasteiger partial charge is 0.497 e. The van der Waals surface area contributed by atoms with E-state index in [4.69, 9.17) is 23.7 Å². The van der Waals surface area contributed by atoms with Gasteiger partial charge in [0.2, 0.25) is 39.2 Å². The summed E-state index contributed by atoms with van der Waals surface area (Å²) in [4.78, 5) is 62.8. The van der Waals surface area contributed by atoms with E-state index < -0.39 is 105 Å². The maximum absolute atomic E-state index is 15.0. The number of fused-ring (bicyclic) bond motifs is 3. The molecule has 6 rings (SSSR count). The number of sulfonamides is 1. The Kier molecular flexibility index (Phi) is 12.6. The van der Waals surface area contributed by atoms with Crippen molar-refractivity contribution in [1.82, 2.24) is 14.6 Å². The van der Waals surface area contributed by atoms with Gasteiger partial charge in [-0.3, -0.25) is 23.9 Å². The molecule has 0 unspecified atom stereocenters. The highest BCUT2D eigenvalue weighted by atomic mass is 32.2. The number of carbonyl (C=O) groups excluding carboxylic acids is 4. The summed E-state index contributed by atoms with van der Waals surface area (Å²) in [5, 5.41) is 1.22. The minimum Gasteiger partial charge on any atom is -0.497 e. The number of alkyl halides is 3. The molecule has 2 saturated carbocycles. The summed E-state index contributed by atoms with van der Waals surface area (Å²) in [6.07, 6.45) is -2.88. The van der Waals surface area contributed by atoms with Crippen LogP contribution in [0.5, 0.6) is 17.5 Å². The summed E-state index contributed by atoms with van der Waals surface area (Å²) >= 11 is 0. The van der Waals surface area contributed by atoms with E-state index in [9.17, 15) is 40.8 Å². The molecule has 0 bridgehead atoms. The summed E-state index contributed by atoms with van der Waals surface area (Å²) in [6, 6.07) is 5.62. The number of allylic oxidation sites excluding steroid dienone is 2. The summed E-state index contributed by atoms with van der Waals surface area (Å²) < 4.78 is 97.7. The molecule has 60 heavy (non-hydrogen) atoms. The van der Waals surface area contributed by atoms with Gasteiger partial charge in [0.15, 0.2) is 5.78 Å². The van der Waals surface area contributed by atoms with Crippen molar-refractivity contribution in [3.63, 3.8) is 0 Å². The number of pyridine rings is 1. The Morgan fingerprint density at radius 3 is 2.45 bits per heavy atom. The fraction of sp³-hybridized carbons (Fsp3) is 0.643. The van der Waals surface area contributed by atoms with Crippen LogP contribution >= 0.6 is 0 Å². The number of halogens is 3. The lowest BCUT2D eigenvalue weighted by atomic mass is 9.90. The van der Waals surface area contributed by atoms with Crippen molar-refractivity contribution in [2.45, 2.75) is 133 Å². The topological polar surface area (TPSA) is 177 Å². The standard InChI is InChI=1S/C42H54F3N3O11S/c1-8-33-30(20-35(50)59-39(3,4)42(43,44)45)37(51)48-23-28(58-36-29-14-13-27(55-6)17-25(29)18-34(46-36)56-7)19-31(48)32(49)22-41(21-26(41)12-10-9-11-24(2)57-33)38(52)47-60(53,54)40(5)15-16-40/h10,12-14,17-18,24,26,28,30-31,33H,8-9,11,15-16,19-23H2,1-7H3,(H,47,52)/b12-10-/t24-,26-,28-,30+,31+,33+,41-/m1/s1. The molecule has 3 fully saturated rings. The van der Waals surface area contributed by atoms with E-state index in [1.807, 2.05) is 6.08 Å². The number of amides is 2. The number of nitrogens with one attached hydrogen (secondary N) is 1. The first-order chi connectivity index (χ1) is 28.1. The van der Waals surface area contributed by atoms with Gasteiger partial charge in [0.05, 0.1) is 61.5 Å². The Labute approximate surface area is 347 Å². The van der Waals surface area contributed by atoms with Crippen LogP contribution in [0.15, 0.2) is 36.4 Å². The lowest BCUT2D eigenvalue weighted by Gasteiger charge is -2.34. The van der Waals surface area contributed by atoms with E-state index >= 15 is 0 Å². The first-order valence-electron chi connectivity index (χ1n) is 20.3. The highest BCUT2D eigenvalue weighted by molar-refractivity contribution is 7.91. The highest BCUT2D eigenvalue weighted by Crippen LogP contribution is 2.58. The molecule has 1 aromatic heterocycles. The summed E-state index contributed by atoms with van der Waals surface area (Å²) in [6.45, 7) is 6.25. The van der Waals surface area contributed by atoms with E-state index in [1.54, 1.807) is 51.1 Å². The molecule has 1 N–H and O–H groups in total. The maximum Gasteiger partial charge on any atom is 0.427 e. The number of ether oxygens (including phenoxy) is 5. The number of hydrogen-bond donors (Lipinski definition) is 1. The molecule has 330 valence electrons. The van der Waals surface area contributed by atoms with Gasteiger partial charge in [-0.1, -0.05) is 19.1 Å². The van der Waals surface area contributed by atoms with Gasteiger partial charge in [-0.2, -0.15) is 18.2 Å². The average molecular weight is 866 g/mol. The van der Waals surface area contributed by atoms with Crippen molar-refractivity contribution in [2.75, 3.05) is 20.8 Å². The van der Waals surface area contributed by atoms with Gasteiger partial charge in [0.25, 0.3) is 0 Å². The molecule has 2 amide bonds. The second kappa shape index (κ2) is 16.8. The molecule has 3 heterocycles. The van der Waals surface area contributed by atoms with Crippen LogP contribution in [-0.2, 0) is 38.7 Å². The van der Waals surface area contributed by atoms with E-state index in [1.165, 1.54) is 19.1 Å². The fourth-order valence-corrected chi connectivity index (χ4v) is 9.36. The highest BCUT2D eigenvalue weighted by Gasteiger charge is 2.63. The van der Waals surface area contributed by atoms with Crippen LogP contribution < -0.4 is 18.9 Å². The predicted octanol–water partition coefficient (Wildman–Crippen LogP) is 5.99. The fourth-order valence-electron chi connectivity index (χ4n) is 8.03. The van der Waals surface area contributed by atoms with E-state index in [0.717, 1.165) is 0 Å². The molecule has 1 aromatic carbocycles. The van der Waals surface area contributed by atoms with Gasteiger partial charge in [0, 0.05) is 24.3 Å². The van der Waals surface area contributed by atoms with Crippen LogP contribution in [-0.4, -0.2) is 104 Å². The van der Waals surface area contributed by atoms with Crippen molar-refractivity contribution in [3.05, 3.63) is 36.4 Å². The van der Waals surface area contributed by atoms with Crippen LogP contribution in [0.25, 0.3) is 10.8 Å². The molecule has 1 saturated heterocycles. The Morgan fingerprint density at radius 2 is 1.82 bits per heavy atom. The third-order valence-electron chi connectivity index (χ3n) is 12.4. The Hall–Kier alpha value is -4.45. The average Bonchev–Trinajstić information content (AvgIpc) is 4.06. The van der Waals surface area contributed by atoms with E-state index in [-0.39, 0.29) is 37.6 Å². The van der Waals surface area contributed by atoms with Crippen LogP contribution in [0, 0.1) is 17.3 Å². The Balaban J connectivity index is 1.39. The molecule has 7 atom stereocenters. The lowest BCUT2D eigenvalue weighted by Crippen LogP contribution is -2.50. The van der Waals surface area contributed by atoms with Crippen LogP contribution in [0.4, 0.5) is 13.2 Å². The lowest BCUT2D eigenvalue weighted by molar-refractivity contribution is -0.258. The van der Waals surface area contributed by atoms with Gasteiger partial charge in [-0.15, -0.1) is 0 Å². The van der Waals surface area contributed by atoms with Gasteiger partial charge in [0.1, 0.15) is 11.9 Å². The van der Waals surface area contributed by atoms with Gasteiger partial charge < -0.3 is 28.6 Å². The number of esters is 1. The smallest absolute Gasteiger partial charge is 0.427 e. The normalized spacial score (nSPS) is 29.0. The zero-order chi connectivity index (χ0) is 44.0. The van der Waals surface area contributed by atoms with Gasteiger partial charge in [-0.05, 0) is 95.7 Å². The first kappa shape index (κ1) is 45.1. The van der Waals surface area contributed by atoms with Crippen molar-refractivity contribution in [2.24, 2.45) is 17.3 Å². The zero-order valence-corrected chi connectivity index (χ0v) is 35.7. The third kappa shape index (κ3) is 9.23. The number of methoxy groups -OCH3 is 2. The monoisotopic (exact) mass is 865 g/mol. The second-order valence-electron chi connectivity index (χ2n) is 17.2. The number of aromatic nitrogens is 1. The van der Waals surface area contributed by atoms with Crippen molar-refractivity contribution in [3.8, 4) is 17.5 Å². The van der Waals surface area contributed by atoms with Gasteiger partial charge >= 0.3 is 12.1 Å². The number of carbonyl (C=O) groups is 4. The molecular formula is C42H54F3N3O11S. The van der Waals surface area contributed by atoms with E-state index in [2.05, 4.69) is 9.71 Å². The molecule has 4 aliphatic rings. The van der Waals surface area contributed by atoms with Crippen LogP contribution in [0.2, 0.25) is 0 Å². The molecule has 2 aromatic rings. The predicted molar refractivity (Wildman–Crippen MR) is 212 cm³/mol. The summed E-state index contributed by atoms with van der Waals surface area (Å²) in [7, 11) is -1.11. The Morgan fingerprint density at radius 1 is 1.10 bits per heavy atom. The molecular weight excluding hydrogens is 812 g/mol. The summed E-state index contributed by atoms with van der Waals surface area (Å²) in [5.74, 6) is -4.37. The first-order valence-corrected chi connectivity index (χ1v) is 21.8. The third-order valence-corrected chi connectivity index (χ3v) is 14.6. The Bertz CT molecular complexity index is 2140. The number of rotatable bonds is 11. The number of ketones is 1. The number of Topliss-reactive ketones (excluding diaryl/α,β-unsaturated/α-hetero) is 1. The number of nitrogens with zero attached hydrogens (tertiary/aromatic N) is 2. The summed E-state index contributed by atoms with van der Waals surface area (Å²) in [5.41, 5.74) is -4.29. The molecule has 2 aliphatic carbocycles. The maximum atomic E-state index is 15.0. The van der Waals surface area contributed by atoms with Crippen LogP contribution in [0.3, 0.4) is 0 Å². The minimum absolute atomic E-state index is 0.0952. The number of hydrogen-bond acceptors (Lipinski definition) is 12. The second-order valence-corrected chi connectivity index (χ2v) is 19.4. The minimum atomic E-state index is -4.91. The van der Waals surface area contributed by atoms with Crippen molar-refractivity contribution < 1.29 is 64.5 Å². The van der Waals surface area contributed by atoms with Crippen molar-refractivity contribution in [1.29, 1.82) is 0 Å². The molecule has 18 heteroatoms.